The molecule has 1 aromatic carbocycles. The molecule has 84 valence electrons. The van der Waals surface area contributed by atoms with Crippen LogP contribution in [0, 0.1) is 17.1 Å². The van der Waals surface area contributed by atoms with Crippen LogP contribution in [0.25, 0.3) is 5.69 Å². The zero-order chi connectivity index (χ0) is 11.8. The van der Waals surface area contributed by atoms with Gasteiger partial charge in [0.1, 0.15) is 23.3 Å². The van der Waals surface area contributed by atoms with Gasteiger partial charge in [0.25, 0.3) is 0 Å². The number of nitrogens with zero attached hydrogens (tertiary/aromatic N) is 3. The van der Waals surface area contributed by atoms with E-state index in [-0.39, 0.29) is 5.82 Å². The molecule has 0 saturated carbocycles. The number of hydrogen-bond acceptors (Lipinski definition) is 3. The van der Waals surface area contributed by atoms with Gasteiger partial charge in [-0.15, -0.1) is 0 Å². The fourth-order valence-corrected chi connectivity index (χ4v) is 2.04. The second kappa shape index (κ2) is 3.68. The zero-order valence-electron chi connectivity index (χ0n) is 8.94. The van der Waals surface area contributed by atoms with Crippen LogP contribution in [-0.2, 0) is 13.1 Å². The molecule has 0 unspecified atom stereocenters. The molecular weight excluding hydrogens is 219 g/mol. The molecule has 2 heterocycles. The summed E-state index contributed by atoms with van der Waals surface area (Å²) in [6.07, 6.45) is 0. The maximum atomic E-state index is 13.7. The van der Waals surface area contributed by atoms with Crippen molar-refractivity contribution in [3.63, 3.8) is 0 Å². The largest absolute Gasteiger partial charge is 0.307 e. The smallest absolute Gasteiger partial charge is 0.149 e. The lowest BCUT2D eigenvalue weighted by molar-refractivity contribution is 0.606. The summed E-state index contributed by atoms with van der Waals surface area (Å²) in [5, 5.41) is 16.6. The van der Waals surface area contributed by atoms with E-state index >= 15 is 0 Å². The molecule has 2 aromatic rings. The van der Waals surface area contributed by atoms with E-state index in [1.165, 1.54) is 10.7 Å². The Hall–Kier alpha value is -2.19. The van der Waals surface area contributed by atoms with Crippen LogP contribution in [0.2, 0.25) is 0 Å². The lowest BCUT2D eigenvalue weighted by Crippen LogP contribution is -2.09. The number of benzene rings is 1. The Kier molecular flexibility index (Phi) is 2.16. The van der Waals surface area contributed by atoms with Gasteiger partial charge in [0, 0.05) is 18.7 Å². The Morgan fingerprint density at radius 2 is 2.18 bits per heavy atom. The Morgan fingerprint density at radius 1 is 1.35 bits per heavy atom. The predicted molar refractivity (Wildman–Crippen MR) is 58.8 cm³/mol. The molecule has 5 heteroatoms. The third-order valence-corrected chi connectivity index (χ3v) is 2.85. The average molecular weight is 228 g/mol. The number of aromatic nitrogens is 2. The topological polar surface area (TPSA) is 53.6 Å². The minimum atomic E-state index is -0.377. The summed E-state index contributed by atoms with van der Waals surface area (Å²) in [5.74, 6) is -0.377. The number of nitrogens with one attached hydrogen (secondary N) is 1. The summed E-state index contributed by atoms with van der Waals surface area (Å²) in [4.78, 5) is 0. The van der Waals surface area contributed by atoms with Crippen molar-refractivity contribution in [2.24, 2.45) is 0 Å². The van der Waals surface area contributed by atoms with Crippen molar-refractivity contribution in [1.29, 1.82) is 5.26 Å². The van der Waals surface area contributed by atoms with E-state index in [2.05, 4.69) is 16.5 Å². The first-order valence-electron chi connectivity index (χ1n) is 5.27. The molecule has 0 saturated heterocycles. The highest BCUT2D eigenvalue weighted by Crippen LogP contribution is 2.23. The fraction of sp³-hybridized carbons (Fsp3) is 0.167. The van der Waals surface area contributed by atoms with Gasteiger partial charge in [-0.3, -0.25) is 0 Å². The molecule has 0 fully saturated rings. The number of rotatable bonds is 1. The van der Waals surface area contributed by atoms with E-state index in [0.29, 0.717) is 24.5 Å². The number of hydrogen-bond donors (Lipinski definition) is 1. The van der Waals surface area contributed by atoms with Crippen LogP contribution in [0.15, 0.2) is 24.3 Å². The first kappa shape index (κ1) is 10.00. The van der Waals surface area contributed by atoms with Gasteiger partial charge in [0.2, 0.25) is 0 Å². The van der Waals surface area contributed by atoms with Crippen molar-refractivity contribution in [3.8, 4) is 11.8 Å². The maximum Gasteiger partial charge on any atom is 0.149 e. The Bertz CT molecular complexity index is 624. The molecule has 0 aliphatic carbocycles. The fourth-order valence-electron chi connectivity index (χ4n) is 2.04. The zero-order valence-corrected chi connectivity index (χ0v) is 8.94. The molecule has 0 spiro atoms. The Morgan fingerprint density at radius 3 is 2.94 bits per heavy atom. The summed E-state index contributed by atoms with van der Waals surface area (Å²) in [6, 6.07) is 8.42. The molecule has 0 atom stereocenters. The molecule has 1 aliphatic heterocycles. The second-order valence-electron chi connectivity index (χ2n) is 3.85. The number of nitriles is 1. The average Bonchev–Trinajstić information content (AvgIpc) is 2.89. The van der Waals surface area contributed by atoms with E-state index in [0.717, 1.165) is 11.3 Å². The first-order chi connectivity index (χ1) is 8.31. The van der Waals surface area contributed by atoms with Crippen LogP contribution in [-0.4, -0.2) is 9.78 Å². The molecule has 4 nitrogen and oxygen atoms in total. The van der Waals surface area contributed by atoms with Crippen LogP contribution in [0.5, 0.6) is 0 Å². The van der Waals surface area contributed by atoms with Gasteiger partial charge < -0.3 is 5.32 Å². The van der Waals surface area contributed by atoms with E-state index in [4.69, 9.17) is 5.26 Å². The van der Waals surface area contributed by atoms with Crippen LogP contribution in [0.3, 0.4) is 0 Å². The summed E-state index contributed by atoms with van der Waals surface area (Å²) in [6.45, 7) is 1.25. The maximum absolute atomic E-state index is 13.7. The Labute approximate surface area is 97.3 Å². The van der Waals surface area contributed by atoms with Crippen LogP contribution in [0.1, 0.15) is 17.0 Å². The predicted octanol–water partition coefficient (Wildman–Crippen LogP) is 1.49. The molecule has 1 aliphatic rings. The third kappa shape index (κ3) is 1.42. The van der Waals surface area contributed by atoms with E-state index < -0.39 is 0 Å². The van der Waals surface area contributed by atoms with Gasteiger partial charge in [0.15, 0.2) is 0 Å². The van der Waals surface area contributed by atoms with E-state index in [9.17, 15) is 4.39 Å². The van der Waals surface area contributed by atoms with Gasteiger partial charge >= 0.3 is 0 Å². The minimum absolute atomic E-state index is 0.318. The van der Waals surface area contributed by atoms with Gasteiger partial charge in [-0.1, -0.05) is 12.1 Å². The van der Waals surface area contributed by atoms with Crippen LogP contribution >= 0.6 is 0 Å². The summed E-state index contributed by atoms with van der Waals surface area (Å²) in [7, 11) is 0. The molecule has 17 heavy (non-hydrogen) atoms. The van der Waals surface area contributed by atoms with Crippen molar-refractivity contribution in [1.82, 2.24) is 15.1 Å². The highest BCUT2D eigenvalue weighted by molar-refractivity contribution is 5.45. The van der Waals surface area contributed by atoms with Crippen molar-refractivity contribution in [2.75, 3.05) is 0 Å². The lowest BCUT2D eigenvalue weighted by atomic mass is 10.2. The summed E-state index contributed by atoms with van der Waals surface area (Å²) >= 11 is 0. The first-order valence-corrected chi connectivity index (χ1v) is 5.27. The lowest BCUT2D eigenvalue weighted by Gasteiger charge is -2.05. The quantitative estimate of drug-likeness (QED) is 0.804. The van der Waals surface area contributed by atoms with Crippen molar-refractivity contribution in [3.05, 3.63) is 47.0 Å². The Balaban J connectivity index is 2.23. The molecule has 0 bridgehead atoms. The molecule has 3 rings (SSSR count). The third-order valence-electron chi connectivity index (χ3n) is 2.85. The molecule has 0 radical (unpaired) electrons. The second-order valence-corrected chi connectivity index (χ2v) is 3.85. The van der Waals surface area contributed by atoms with Crippen molar-refractivity contribution in [2.45, 2.75) is 13.1 Å². The molecular formula is C12H9FN4. The number of para-hydroxylation sites is 1. The molecule has 1 aromatic heterocycles. The van der Waals surface area contributed by atoms with Gasteiger partial charge in [-0.05, 0) is 12.1 Å². The van der Waals surface area contributed by atoms with E-state index in [1.807, 2.05) is 0 Å². The van der Waals surface area contributed by atoms with E-state index in [1.54, 1.807) is 18.2 Å². The van der Waals surface area contributed by atoms with Gasteiger partial charge in [-0.25, -0.2) is 9.07 Å². The van der Waals surface area contributed by atoms with Crippen LogP contribution in [0.4, 0.5) is 4.39 Å². The highest BCUT2D eigenvalue weighted by atomic mass is 19.1. The number of halogens is 1. The normalized spacial score (nSPS) is 13.4. The van der Waals surface area contributed by atoms with Crippen LogP contribution < -0.4 is 5.32 Å². The summed E-state index contributed by atoms with van der Waals surface area (Å²) < 4.78 is 15.1. The number of fused-ring (bicyclic) bond motifs is 1. The van der Waals surface area contributed by atoms with Crippen molar-refractivity contribution < 1.29 is 4.39 Å². The SMILES string of the molecule is N#Cc1c2c(nn1-c1ccccc1F)CNC2. The monoisotopic (exact) mass is 228 g/mol. The standard InChI is InChI=1S/C12H9FN4/c13-9-3-1-2-4-11(9)17-12(5-14)8-6-15-7-10(8)16-17/h1-4,15H,6-7H2. The summed E-state index contributed by atoms with van der Waals surface area (Å²) in [5.41, 5.74) is 2.43. The molecule has 0 amide bonds. The minimum Gasteiger partial charge on any atom is -0.307 e. The van der Waals surface area contributed by atoms with Gasteiger partial charge in [0.05, 0.1) is 5.69 Å². The van der Waals surface area contributed by atoms with Crippen molar-refractivity contribution >= 4 is 0 Å². The highest BCUT2D eigenvalue weighted by Gasteiger charge is 2.23. The molecule has 1 N–H and O–H groups in total. The van der Waals surface area contributed by atoms with Gasteiger partial charge in [-0.2, -0.15) is 10.4 Å².